The monoisotopic (exact) mass is 377 g/mol. The molecule has 0 bridgehead atoms. The molecule has 1 N–H and O–H groups in total. The fourth-order valence-electron chi connectivity index (χ4n) is 3.06. The molecule has 0 aliphatic carbocycles. The number of piperidine rings is 1. The third-order valence-electron chi connectivity index (χ3n) is 4.53. The highest BCUT2D eigenvalue weighted by Crippen LogP contribution is 2.26. The smallest absolute Gasteiger partial charge is 0.258 e. The molecule has 3 heterocycles. The standard InChI is InChI=1S/C17H23N5O3S/c1-3-21-10-8-16(20-21)19-17(23)13-6-7-15(18-11-13)14-5-4-9-22(12-14)26(2,24)25/h6-8,10-11,14H,3-5,9,12H2,1-2H3,(H,19,20,23). The van der Waals surface area contributed by atoms with Gasteiger partial charge in [-0.15, -0.1) is 0 Å². The van der Waals surface area contributed by atoms with Gasteiger partial charge in [-0.05, 0) is 31.9 Å². The number of sulfonamides is 1. The molecule has 9 heteroatoms. The number of anilines is 1. The fourth-order valence-corrected chi connectivity index (χ4v) is 3.97. The summed E-state index contributed by atoms with van der Waals surface area (Å²) in [5.41, 5.74) is 1.25. The minimum atomic E-state index is -3.19. The molecular weight excluding hydrogens is 354 g/mol. The SMILES string of the molecule is CCn1ccc(NC(=O)c2ccc(C3CCCN(S(C)(=O)=O)C3)nc2)n1. The van der Waals surface area contributed by atoms with E-state index in [2.05, 4.69) is 15.4 Å². The van der Waals surface area contributed by atoms with Gasteiger partial charge in [0.1, 0.15) is 0 Å². The van der Waals surface area contributed by atoms with Crippen molar-refractivity contribution in [3.8, 4) is 0 Å². The largest absolute Gasteiger partial charge is 0.305 e. The Bertz CT molecular complexity index is 876. The van der Waals surface area contributed by atoms with Crippen LogP contribution in [0.25, 0.3) is 0 Å². The van der Waals surface area contributed by atoms with Gasteiger partial charge >= 0.3 is 0 Å². The minimum Gasteiger partial charge on any atom is -0.305 e. The maximum Gasteiger partial charge on any atom is 0.258 e. The molecule has 0 radical (unpaired) electrons. The van der Waals surface area contributed by atoms with Gasteiger partial charge in [-0.2, -0.15) is 5.10 Å². The number of carbonyl (C=O) groups is 1. The molecule has 1 amide bonds. The second-order valence-corrected chi connectivity index (χ2v) is 8.43. The number of nitrogens with zero attached hydrogens (tertiary/aromatic N) is 4. The molecule has 1 unspecified atom stereocenters. The van der Waals surface area contributed by atoms with E-state index >= 15 is 0 Å². The third kappa shape index (κ3) is 4.28. The molecule has 0 aromatic carbocycles. The first-order valence-electron chi connectivity index (χ1n) is 8.62. The van der Waals surface area contributed by atoms with Crippen LogP contribution in [0.15, 0.2) is 30.6 Å². The average Bonchev–Trinajstić information content (AvgIpc) is 3.09. The summed E-state index contributed by atoms with van der Waals surface area (Å²) in [6.45, 7) is 3.70. The normalized spacial score (nSPS) is 18.6. The van der Waals surface area contributed by atoms with Crippen LogP contribution in [-0.2, 0) is 16.6 Å². The van der Waals surface area contributed by atoms with Crippen molar-refractivity contribution in [1.82, 2.24) is 19.1 Å². The Morgan fingerprint density at radius 2 is 2.15 bits per heavy atom. The zero-order valence-electron chi connectivity index (χ0n) is 14.9. The van der Waals surface area contributed by atoms with Gasteiger partial charge in [-0.3, -0.25) is 14.5 Å². The fraction of sp³-hybridized carbons (Fsp3) is 0.471. The molecule has 1 fully saturated rings. The van der Waals surface area contributed by atoms with Gasteiger partial charge < -0.3 is 5.32 Å². The summed E-state index contributed by atoms with van der Waals surface area (Å²) in [6.07, 6.45) is 6.26. The van der Waals surface area contributed by atoms with E-state index in [1.807, 2.05) is 6.92 Å². The van der Waals surface area contributed by atoms with Gasteiger partial charge in [0.05, 0.1) is 11.8 Å². The van der Waals surface area contributed by atoms with E-state index in [0.29, 0.717) is 24.5 Å². The maximum atomic E-state index is 12.3. The lowest BCUT2D eigenvalue weighted by molar-refractivity contribution is 0.102. The molecule has 8 nitrogen and oxygen atoms in total. The molecule has 3 rings (SSSR count). The second kappa shape index (κ2) is 7.55. The Kier molecular flexibility index (Phi) is 5.38. The van der Waals surface area contributed by atoms with Gasteiger partial charge in [-0.25, -0.2) is 12.7 Å². The minimum absolute atomic E-state index is 0.0517. The van der Waals surface area contributed by atoms with Crippen LogP contribution in [-0.4, -0.2) is 52.7 Å². The van der Waals surface area contributed by atoms with E-state index in [0.717, 1.165) is 25.1 Å². The molecule has 1 atom stereocenters. The van der Waals surface area contributed by atoms with Crippen molar-refractivity contribution in [1.29, 1.82) is 0 Å². The number of amides is 1. The molecule has 0 spiro atoms. The molecular formula is C17H23N5O3S. The molecule has 2 aromatic heterocycles. The zero-order chi connectivity index (χ0) is 18.7. The van der Waals surface area contributed by atoms with Crippen molar-refractivity contribution in [3.05, 3.63) is 41.9 Å². The lowest BCUT2D eigenvalue weighted by atomic mass is 9.95. The van der Waals surface area contributed by atoms with Crippen LogP contribution in [0.1, 0.15) is 41.7 Å². The first-order valence-corrected chi connectivity index (χ1v) is 10.5. The number of nitrogens with one attached hydrogen (secondary N) is 1. The highest BCUT2D eigenvalue weighted by Gasteiger charge is 2.27. The first-order chi connectivity index (χ1) is 12.4. The number of carbonyl (C=O) groups excluding carboxylic acids is 1. The summed E-state index contributed by atoms with van der Waals surface area (Å²) in [4.78, 5) is 16.7. The van der Waals surface area contributed by atoms with E-state index in [9.17, 15) is 13.2 Å². The lowest BCUT2D eigenvalue weighted by Crippen LogP contribution is -2.38. The van der Waals surface area contributed by atoms with Gasteiger partial charge in [0.2, 0.25) is 10.0 Å². The molecule has 1 saturated heterocycles. The number of pyridine rings is 1. The number of aromatic nitrogens is 3. The van der Waals surface area contributed by atoms with Gasteiger partial charge in [0.25, 0.3) is 5.91 Å². The van der Waals surface area contributed by atoms with E-state index < -0.39 is 10.0 Å². The van der Waals surface area contributed by atoms with Crippen molar-refractivity contribution in [2.24, 2.45) is 0 Å². The summed E-state index contributed by atoms with van der Waals surface area (Å²) >= 11 is 0. The highest BCUT2D eigenvalue weighted by molar-refractivity contribution is 7.88. The van der Waals surface area contributed by atoms with Crippen LogP contribution < -0.4 is 5.32 Å². The highest BCUT2D eigenvalue weighted by atomic mass is 32.2. The predicted octanol–water partition coefficient (Wildman–Crippen LogP) is 1.69. The number of hydrogen-bond acceptors (Lipinski definition) is 5. The van der Waals surface area contributed by atoms with Crippen LogP contribution in [0.5, 0.6) is 0 Å². The molecule has 26 heavy (non-hydrogen) atoms. The zero-order valence-corrected chi connectivity index (χ0v) is 15.7. The summed E-state index contributed by atoms with van der Waals surface area (Å²) in [6, 6.07) is 5.26. The van der Waals surface area contributed by atoms with Crippen LogP contribution in [0.3, 0.4) is 0 Å². The second-order valence-electron chi connectivity index (χ2n) is 6.44. The Morgan fingerprint density at radius 3 is 2.77 bits per heavy atom. The average molecular weight is 377 g/mol. The lowest BCUT2D eigenvalue weighted by Gasteiger charge is -2.30. The predicted molar refractivity (Wildman–Crippen MR) is 98.5 cm³/mol. The van der Waals surface area contributed by atoms with Crippen molar-refractivity contribution < 1.29 is 13.2 Å². The van der Waals surface area contributed by atoms with E-state index in [-0.39, 0.29) is 11.8 Å². The summed E-state index contributed by atoms with van der Waals surface area (Å²) in [7, 11) is -3.19. The van der Waals surface area contributed by atoms with Gasteiger partial charge in [-0.1, -0.05) is 0 Å². The molecule has 1 aliphatic heterocycles. The Hall–Kier alpha value is -2.26. The topological polar surface area (TPSA) is 97.2 Å². The number of rotatable bonds is 5. The maximum absolute atomic E-state index is 12.3. The summed E-state index contributed by atoms with van der Waals surface area (Å²) in [5, 5.41) is 6.96. The Balaban J connectivity index is 1.67. The van der Waals surface area contributed by atoms with Crippen molar-refractivity contribution in [2.75, 3.05) is 24.7 Å². The number of hydrogen-bond donors (Lipinski definition) is 1. The van der Waals surface area contributed by atoms with E-state index in [1.165, 1.54) is 16.8 Å². The van der Waals surface area contributed by atoms with E-state index in [1.54, 1.807) is 29.1 Å². The summed E-state index contributed by atoms with van der Waals surface area (Å²) < 4.78 is 26.7. The van der Waals surface area contributed by atoms with Crippen LogP contribution in [0, 0.1) is 0 Å². The van der Waals surface area contributed by atoms with Crippen LogP contribution in [0.4, 0.5) is 5.82 Å². The van der Waals surface area contributed by atoms with Gasteiger partial charge in [0.15, 0.2) is 5.82 Å². The van der Waals surface area contributed by atoms with Crippen molar-refractivity contribution in [3.63, 3.8) is 0 Å². The van der Waals surface area contributed by atoms with Crippen molar-refractivity contribution in [2.45, 2.75) is 32.2 Å². The number of aryl methyl sites for hydroxylation is 1. The molecule has 140 valence electrons. The molecule has 2 aromatic rings. The van der Waals surface area contributed by atoms with Crippen molar-refractivity contribution >= 4 is 21.7 Å². The van der Waals surface area contributed by atoms with Crippen LogP contribution >= 0.6 is 0 Å². The van der Waals surface area contributed by atoms with Crippen LogP contribution in [0.2, 0.25) is 0 Å². The Labute approximate surface area is 153 Å². The van der Waals surface area contributed by atoms with Gasteiger partial charge in [0, 0.05) is 49.7 Å². The third-order valence-corrected chi connectivity index (χ3v) is 5.80. The molecule has 1 aliphatic rings. The summed E-state index contributed by atoms with van der Waals surface area (Å²) in [5.74, 6) is 0.277. The molecule has 0 saturated carbocycles. The Morgan fingerprint density at radius 1 is 1.35 bits per heavy atom. The quantitative estimate of drug-likeness (QED) is 0.855. The first kappa shape index (κ1) is 18.5. The van der Waals surface area contributed by atoms with E-state index in [4.69, 9.17) is 0 Å².